The predicted octanol–water partition coefficient (Wildman–Crippen LogP) is 5.70. The van der Waals surface area contributed by atoms with Gasteiger partial charge in [0.2, 0.25) is 5.13 Å². The number of aryl methyl sites for hydroxylation is 1. The van der Waals surface area contributed by atoms with E-state index in [1.54, 1.807) is 23.9 Å². The maximum atomic E-state index is 12.2. The zero-order valence-electron chi connectivity index (χ0n) is 13.1. The summed E-state index contributed by atoms with van der Waals surface area (Å²) in [6, 6.07) is 13.1. The number of hydrogen-bond donors (Lipinski definition) is 1. The Hall–Kier alpha value is -1.60. The van der Waals surface area contributed by atoms with Crippen LogP contribution in [0.15, 0.2) is 46.8 Å². The Bertz CT molecular complexity index is 897. The van der Waals surface area contributed by atoms with Crippen LogP contribution in [0.1, 0.15) is 21.5 Å². The largest absolute Gasteiger partial charge is 0.296 e. The molecule has 1 N–H and O–H groups in total. The minimum atomic E-state index is -0.301. The van der Waals surface area contributed by atoms with Crippen molar-refractivity contribution in [1.29, 1.82) is 0 Å². The lowest BCUT2D eigenvalue weighted by molar-refractivity contribution is 0.102. The summed E-state index contributed by atoms with van der Waals surface area (Å²) in [5, 5.41) is 12.0. The lowest BCUT2D eigenvalue weighted by atomic mass is 10.2. The van der Waals surface area contributed by atoms with Gasteiger partial charge in [-0.2, -0.15) is 0 Å². The third kappa shape index (κ3) is 4.95. The van der Waals surface area contributed by atoms with Crippen LogP contribution in [0.4, 0.5) is 5.13 Å². The Kier molecular flexibility index (Phi) is 5.96. The van der Waals surface area contributed by atoms with E-state index in [0.717, 1.165) is 10.1 Å². The Labute approximate surface area is 163 Å². The summed E-state index contributed by atoms with van der Waals surface area (Å²) in [4.78, 5) is 12.2. The van der Waals surface area contributed by atoms with Crippen molar-refractivity contribution in [2.75, 3.05) is 5.32 Å². The second-order valence-electron chi connectivity index (χ2n) is 5.23. The SMILES string of the molecule is Cc1ccc(CSc2nnc(NC(=O)c3ccc(Cl)c(Cl)c3)s2)cc1. The van der Waals surface area contributed by atoms with Crippen molar-refractivity contribution in [1.82, 2.24) is 10.2 Å². The van der Waals surface area contributed by atoms with Crippen LogP contribution in [0.3, 0.4) is 0 Å². The quantitative estimate of drug-likeness (QED) is 0.433. The molecule has 25 heavy (non-hydrogen) atoms. The van der Waals surface area contributed by atoms with E-state index in [1.807, 2.05) is 0 Å². The summed E-state index contributed by atoms with van der Waals surface area (Å²) in [6.07, 6.45) is 0. The van der Waals surface area contributed by atoms with E-state index in [4.69, 9.17) is 23.2 Å². The molecule has 1 aromatic heterocycles. The normalized spacial score (nSPS) is 10.7. The molecule has 0 saturated carbocycles. The van der Waals surface area contributed by atoms with Crippen molar-refractivity contribution < 1.29 is 4.79 Å². The van der Waals surface area contributed by atoms with Crippen LogP contribution in [0, 0.1) is 6.92 Å². The molecule has 0 spiro atoms. The first-order valence-corrected chi connectivity index (χ1v) is 9.85. The van der Waals surface area contributed by atoms with Crippen molar-refractivity contribution in [3.63, 3.8) is 0 Å². The van der Waals surface area contributed by atoms with Crippen LogP contribution in [0.5, 0.6) is 0 Å². The van der Waals surface area contributed by atoms with Gasteiger partial charge in [0, 0.05) is 11.3 Å². The molecule has 0 aliphatic carbocycles. The second-order valence-corrected chi connectivity index (χ2v) is 8.24. The monoisotopic (exact) mass is 409 g/mol. The van der Waals surface area contributed by atoms with E-state index in [-0.39, 0.29) is 5.91 Å². The molecule has 128 valence electrons. The summed E-state index contributed by atoms with van der Waals surface area (Å²) in [6.45, 7) is 2.06. The number of halogens is 2. The summed E-state index contributed by atoms with van der Waals surface area (Å²) in [7, 11) is 0. The predicted molar refractivity (Wildman–Crippen MR) is 105 cm³/mol. The zero-order chi connectivity index (χ0) is 17.8. The number of amides is 1. The molecule has 8 heteroatoms. The number of hydrogen-bond acceptors (Lipinski definition) is 5. The van der Waals surface area contributed by atoms with Gasteiger partial charge in [-0.1, -0.05) is 76.1 Å². The lowest BCUT2D eigenvalue weighted by Gasteiger charge is -2.02. The fourth-order valence-electron chi connectivity index (χ4n) is 1.95. The molecule has 0 aliphatic heterocycles. The minimum absolute atomic E-state index is 0.301. The zero-order valence-corrected chi connectivity index (χ0v) is 16.3. The third-order valence-electron chi connectivity index (χ3n) is 3.29. The number of nitrogens with one attached hydrogen (secondary N) is 1. The van der Waals surface area contributed by atoms with Crippen LogP contribution in [-0.2, 0) is 5.75 Å². The highest BCUT2D eigenvalue weighted by Gasteiger charge is 2.12. The molecule has 1 heterocycles. The number of aromatic nitrogens is 2. The van der Waals surface area contributed by atoms with Gasteiger partial charge in [0.05, 0.1) is 10.0 Å². The first kappa shape index (κ1) is 18.2. The molecule has 4 nitrogen and oxygen atoms in total. The van der Waals surface area contributed by atoms with Crippen LogP contribution in [0.25, 0.3) is 0 Å². The number of carbonyl (C=O) groups is 1. The van der Waals surface area contributed by atoms with Crippen molar-refractivity contribution in [3.05, 3.63) is 69.2 Å². The smallest absolute Gasteiger partial charge is 0.257 e. The number of carbonyl (C=O) groups excluding carboxylic acids is 1. The summed E-state index contributed by atoms with van der Waals surface area (Å²) in [5.41, 5.74) is 2.86. The van der Waals surface area contributed by atoms with Crippen molar-refractivity contribution >= 4 is 57.3 Å². The average molecular weight is 410 g/mol. The van der Waals surface area contributed by atoms with Gasteiger partial charge >= 0.3 is 0 Å². The van der Waals surface area contributed by atoms with E-state index in [1.165, 1.54) is 28.5 Å². The standard InChI is InChI=1S/C17H13Cl2N3OS2/c1-10-2-4-11(5-3-10)9-24-17-22-21-16(25-17)20-15(23)12-6-7-13(18)14(19)8-12/h2-8H,9H2,1H3,(H,20,21,23). The van der Waals surface area contributed by atoms with E-state index < -0.39 is 0 Å². The number of anilines is 1. The lowest BCUT2D eigenvalue weighted by Crippen LogP contribution is -2.11. The fraction of sp³-hybridized carbons (Fsp3) is 0.118. The third-order valence-corrected chi connectivity index (χ3v) is 6.07. The molecule has 0 unspecified atom stereocenters. The maximum absolute atomic E-state index is 12.2. The van der Waals surface area contributed by atoms with Crippen molar-refractivity contribution in [2.24, 2.45) is 0 Å². The van der Waals surface area contributed by atoms with Gasteiger partial charge in [-0.25, -0.2) is 0 Å². The molecule has 0 aliphatic rings. The van der Waals surface area contributed by atoms with Gasteiger partial charge in [0.15, 0.2) is 4.34 Å². The highest BCUT2D eigenvalue weighted by atomic mass is 35.5. The minimum Gasteiger partial charge on any atom is -0.296 e. The molecule has 0 radical (unpaired) electrons. The molecule has 0 atom stereocenters. The van der Waals surface area contributed by atoms with E-state index in [9.17, 15) is 4.79 Å². The van der Waals surface area contributed by atoms with Gasteiger partial charge in [0.1, 0.15) is 0 Å². The number of nitrogens with zero attached hydrogens (tertiary/aromatic N) is 2. The van der Waals surface area contributed by atoms with Gasteiger partial charge in [-0.15, -0.1) is 10.2 Å². The first-order valence-electron chi connectivity index (χ1n) is 7.29. The average Bonchev–Trinajstić information content (AvgIpc) is 3.04. The first-order chi connectivity index (χ1) is 12.0. The fourth-order valence-corrected chi connectivity index (χ4v) is 3.96. The van der Waals surface area contributed by atoms with Crippen LogP contribution in [-0.4, -0.2) is 16.1 Å². The van der Waals surface area contributed by atoms with Crippen LogP contribution >= 0.6 is 46.3 Å². The maximum Gasteiger partial charge on any atom is 0.257 e. The Morgan fingerprint density at radius 3 is 2.60 bits per heavy atom. The number of benzene rings is 2. The highest BCUT2D eigenvalue weighted by Crippen LogP contribution is 2.29. The molecular weight excluding hydrogens is 397 g/mol. The van der Waals surface area contributed by atoms with Gasteiger partial charge in [0.25, 0.3) is 5.91 Å². The molecule has 3 aromatic rings. The van der Waals surface area contributed by atoms with Crippen molar-refractivity contribution in [3.8, 4) is 0 Å². The number of thioether (sulfide) groups is 1. The second kappa shape index (κ2) is 8.19. The molecule has 0 bridgehead atoms. The molecule has 1 amide bonds. The Balaban J connectivity index is 1.60. The molecular formula is C17H13Cl2N3OS2. The van der Waals surface area contributed by atoms with Crippen LogP contribution < -0.4 is 5.32 Å². The molecule has 3 rings (SSSR count). The topological polar surface area (TPSA) is 54.9 Å². The highest BCUT2D eigenvalue weighted by molar-refractivity contribution is 8.00. The molecule has 2 aromatic carbocycles. The van der Waals surface area contributed by atoms with Crippen molar-refractivity contribution in [2.45, 2.75) is 17.0 Å². The van der Waals surface area contributed by atoms with Gasteiger partial charge in [-0.3, -0.25) is 10.1 Å². The van der Waals surface area contributed by atoms with E-state index in [2.05, 4.69) is 46.7 Å². The molecule has 0 saturated heterocycles. The summed E-state index contributed by atoms with van der Waals surface area (Å²) >= 11 is 14.7. The van der Waals surface area contributed by atoms with E-state index >= 15 is 0 Å². The Morgan fingerprint density at radius 1 is 1.12 bits per heavy atom. The van der Waals surface area contributed by atoms with E-state index in [0.29, 0.717) is 20.7 Å². The molecule has 0 fully saturated rings. The summed E-state index contributed by atoms with van der Waals surface area (Å²) < 4.78 is 0.796. The summed E-state index contributed by atoms with van der Waals surface area (Å²) in [5.74, 6) is 0.500. The van der Waals surface area contributed by atoms with Gasteiger partial charge in [-0.05, 0) is 30.7 Å². The van der Waals surface area contributed by atoms with Gasteiger partial charge < -0.3 is 0 Å². The Morgan fingerprint density at radius 2 is 1.88 bits per heavy atom. The van der Waals surface area contributed by atoms with Crippen LogP contribution in [0.2, 0.25) is 10.0 Å². The number of rotatable bonds is 5.